The van der Waals surface area contributed by atoms with E-state index >= 15 is 0 Å². The van der Waals surface area contributed by atoms with Gasteiger partial charge in [0.05, 0.1) is 18.6 Å². The molecule has 0 spiro atoms. The third kappa shape index (κ3) is 2.93. The predicted octanol–water partition coefficient (Wildman–Crippen LogP) is 3.16. The molecule has 1 aromatic carbocycles. The van der Waals surface area contributed by atoms with Crippen LogP contribution in [0.25, 0.3) is 10.9 Å². The van der Waals surface area contributed by atoms with E-state index in [9.17, 15) is 14.7 Å². The van der Waals surface area contributed by atoms with Crippen LogP contribution in [0.5, 0.6) is 5.75 Å². The molecule has 0 aliphatic carbocycles. The number of likely N-dealkylation sites (tertiary alicyclic amines) is 1. The Bertz CT molecular complexity index is 855. The maximum Gasteiger partial charge on any atom is 0.308 e. The number of amides is 1. The summed E-state index contributed by atoms with van der Waals surface area (Å²) < 4.78 is 7.51. The monoisotopic (exact) mass is 358 g/mol. The molecule has 26 heavy (non-hydrogen) atoms. The summed E-state index contributed by atoms with van der Waals surface area (Å²) in [6, 6.07) is 5.79. The van der Waals surface area contributed by atoms with Gasteiger partial charge in [0.15, 0.2) is 0 Å². The van der Waals surface area contributed by atoms with Crippen molar-refractivity contribution in [3.8, 4) is 5.75 Å². The number of hydrogen-bond donors (Lipinski definition) is 1. The average Bonchev–Trinajstić information content (AvgIpc) is 3.13. The molecule has 3 rings (SSSR count). The van der Waals surface area contributed by atoms with E-state index in [1.807, 2.05) is 32.0 Å². The number of hydrogen-bond acceptors (Lipinski definition) is 3. The van der Waals surface area contributed by atoms with Gasteiger partial charge in [-0.25, -0.2) is 0 Å². The normalized spacial score (nSPS) is 19.9. The summed E-state index contributed by atoms with van der Waals surface area (Å²) in [7, 11) is 1.61. The van der Waals surface area contributed by atoms with E-state index in [4.69, 9.17) is 4.74 Å². The van der Waals surface area contributed by atoms with Crippen LogP contribution in [0.1, 0.15) is 36.3 Å². The van der Waals surface area contributed by atoms with Crippen LogP contribution in [0.4, 0.5) is 0 Å². The first-order chi connectivity index (χ1) is 12.4. The fraction of sp³-hybridized carbons (Fsp3) is 0.500. The van der Waals surface area contributed by atoms with Crippen molar-refractivity contribution in [3.05, 3.63) is 29.5 Å². The number of nitrogens with zero attached hydrogens (tertiary/aromatic N) is 2. The van der Waals surface area contributed by atoms with Gasteiger partial charge < -0.3 is 19.3 Å². The Kier molecular flexibility index (Phi) is 4.94. The van der Waals surface area contributed by atoms with Crippen LogP contribution in [-0.4, -0.2) is 46.6 Å². The highest BCUT2D eigenvalue weighted by Crippen LogP contribution is 2.33. The number of carboxylic acid groups (broad SMARTS) is 1. The molecule has 1 aliphatic heterocycles. The first kappa shape index (κ1) is 18.3. The zero-order valence-corrected chi connectivity index (χ0v) is 15.8. The van der Waals surface area contributed by atoms with Gasteiger partial charge in [-0.2, -0.15) is 0 Å². The number of carboxylic acids is 1. The van der Waals surface area contributed by atoms with Gasteiger partial charge in [-0.1, -0.05) is 13.8 Å². The quantitative estimate of drug-likeness (QED) is 0.891. The Morgan fingerprint density at radius 3 is 2.62 bits per heavy atom. The molecule has 0 unspecified atom stereocenters. The van der Waals surface area contributed by atoms with Crippen LogP contribution in [-0.2, 0) is 11.3 Å². The first-order valence-corrected chi connectivity index (χ1v) is 9.07. The lowest BCUT2D eigenvalue weighted by Gasteiger charge is -2.16. The van der Waals surface area contributed by atoms with Crippen LogP contribution in [0.15, 0.2) is 18.2 Å². The fourth-order valence-corrected chi connectivity index (χ4v) is 3.98. The Labute approximate surface area is 153 Å². The van der Waals surface area contributed by atoms with E-state index < -0.39 is 11.9 Å². The molecule has 1 N–H and O–H groups in total. The molecule has 1 amide bonds. The predicted molar refractivity (Wildman–Crippen MR) is 99.7 cm³/mol. The van der Waals surface area contributed by atoms with Crippen LogP contribution >= 0.6 is 0 Å². The van der Waals surface area contributed by atoms with Crippen molar-refractivity contribution in [1.82, 2.24) is 9.47 Å². The number of carbonyl (C=O) groups is 2. The Hall–Kier alpha value is -2.50. The van der Waals surface area contributed by atoms with Crippen molar-refractivity contribution in [3.63, 3.8) is 0 Å². The summed E-state index contributed by atoms with van der Waals surface area (Å²) in [5.41, 5.74) is 2.59. The number of benzene rings is 1. The number of carbonyl (C=O) groups excluding carboxylic acids is 1. The molecule has 2 heterocycles. The molecule has 1 aromatic heterocycles. The van der Waals surface area contributed by atoms with Gasteiger partial charge in [0.25, 0.3) is 5.91 Å². The summed E-state index contributed by atoms with van der Waals surface area (Å²) in [5.74, 6) is -0.766. The lowest BCUT2D eigenvalue weighted by molar-refractivity contribution is -0.142. The SMILES string of the molecule is CCCn1c(C)c(C(=O)N2C[C@@H](C)[C@H](C(=O)O)C2)c2cc(OC)ccc21. The van der Waals surface area contributed by atoms with Gasteiger partial charge in [-0.15, -0.1) is 0 Å². The average molecular weight is 358 g/mol. The number of aromatic nitrogens is 1. The number of fused-ring (bicyclic) bond motifs is 1. The molecular weight excluding hydrogens is 332 g/mol. The van der Waals surface area contributed by atoms with Crippen molar-refractivity contribution in [2.75, 3.05) is 20.2 Å². The van der Waals surface area contributed by atoms with E-state index in [0.717, 1.165) is 29.6 Å². The summed E-state index contributed by atoms with van der Waals surface area (Å²) in [6.07, 6.45) is 0.964. The second kappa shape index (κ2) is 7.02. The first-order valence-electron chi connectivity index (χ1n) is 9.07. The van der Waals surface area contributed by atoms with Gasteiger partial charge >= 0.3 is 5.97 Å². The highest BCUT2D eigenvalue weighted by molar-refractivity contribution is 6.09. The van der Waals surface area contributed by atoms with E-state index in [0.29, 0.717) is 17.9 Å². The third-order valence-electron chi connectivity index (χ3n) is 5.41. The maximum absolute atomic E-state index is 13.3. The minimum Gasteiger partial charge on any atom is -0.497 e. The topological polar surface area (TPSA) is 71.8 Å². The van der Waals surface area contributed by atoms with Crippen molar-refractivity contribution in [1.29, 1.82) is 0 Å². The van der Waals surface area contributed by atoms with Gasteiger partial charge in [0.2, 0.25) is 0 Å². The Balaban J connectivity index is 2.07. The third-order valence-corrected chi connectivity index (χ3v) is 5.41. The van der Waals surface area contributed by atoms with E-state index in [1.165, 1.54) is 0 Å². The number of ether oxygens (including phenoxy) is 1. The van der Waals surface area contributed by atoms with E-state index in [1.54, 1.807) is 12.0 Å². The van der Waals surface area contributed by atoms with Crippen molar-refractivity contribution in [2.45, 2.75) is 33.7 Å². The maximum atomic E-state index is 13.3. The molecule has 2 aromatic rings. The summed E-state index contributed by atoms with van der Waals surface area (Å²) in [6.45, 7) is 7.52. The fourth-order valence-electron chi connectivity index (χ4n) is 3.98. The summed E-state index contributed by atoms with van der Waals surface area (Å²) in [4.78, 5) is 26.4. The lowest BCUT2D eigenvalue weighted by atomic mass is 9.99. The molecule has 140 valence electrons. The smallest absolute Gasteiger partial charge is 0.308 e. The van der Waals surface area contributed by atoms with Crippen LogP contribution < -0.4 is 4.74 Å². The highest BCUT2D eigenvalue weighted by atomic mass is 16.5. The van der Waals surface area contributed by atoms with Crippen molar-refractivity contribution < 1.29 is 19.4 Å². The number of rotatable bonds is 5. The van der Waals surface area contributed by atoms with E-state index in [2.05, 4.69) is 11.5 Å². The molecule has 0 saturated carbocycles. The molecule has 1 fully saturated rings. The Morgan fingerprint density at radius 1 is 1.31 bits per heavy atom. The van der Waals surface area contributed by atoms with Crippen LogP contribution in [0.2, 0.25) is 0 Å². The number of aliphatic carboxylic acids is 1. The molecule has 0 radical (unpaired) electrons. The Morgan fingerprint density at radius 2 is 2.04 bits per heavy atom. The minimum atomic E-state index is -0.834. The second-order valence-electron chi connectivity index (χ2n) is 7.13. The minimum absolute atomic E-state index is 0.0460. The summed E-state index contributed by atoms with van der Waals surface area (Å²) >= 11 is 0. The molecular formula is C20H26N2O4. The molecule has 2 atom stereocenters. The van der Waals surface area contributed by atoms with E-state index in [-0.39, 0.29) is 18.4 Å². The molecule has 1 aliphatic rings. The van der Waals surface area contributed by atoms with Crippen molar-refractivity contribution >= 4 is 22.8 Å². The second-order valence-corrected chi connectivity index (χ2v) is 7.13. The number of methoxy groups -OCH3 is 1. The van der Waals surface area contributed by atoms with Gasteiger partial charge in [-0.05, 0) is 37.5 Å². The van der Waals surface area contributed by atoms with Crippen molar-refractivity contribution in [2.24, 2.45) is 11.8 Å². The zero-order valence-electron chi connectivity index (χ0n) is 15.8. The molecule has 1 saturated heterocycles. The lowest BCUT2D eigenvalue weighted by Crippen LogP contribution is -2.30. The zero-order chi connectivity index (χ0) is 19.0. The van der Waals surface area contributed by atoms with Gasteiger partial charge in [-0.3, -0.25) is 9.59 Å². The molecule has 6 heteroatoms. The number of aryl methyl sites for hydroxylation is 1. The van der Waals surface area contributed by atoms with Gasteiger partial charge in [0, 0.05) is 36.2 Å². The van der Waals surface area contributed by atoms with Gasteiger partial charge in [0.1, 0.15) is 5.75 Å². The van der Waals surface area contributed by atoms with Crippen LogP contribution in [0.3, 0.4) is 0 Å². The molecule has 6 nitrogen and oxygen atoms in total. The largest absolute Gasteiger partial charge is 0.497 e. The summed E-state index contributed by atoms with van der Waals surface area (Å²) in [5, 5.41) is 10.2. The standard InChI is InChI=1S/C20H26N2O4/c1-5-8-22-13(3)18(15-9-14(26-4)6-7-17(15)22)19(23)21-10-12(2)16(11-21)20(24)25/h6-7,9,12,16H,5,8,10-11H2,1-4H3,(H,24,25)/t12-,16-/m1/s1. The van der Waals surface area contributed by atoms with Crippen LogP contribution in [0, 0.1) is 18.8 Å². The molecule has 0 bridgehead atoms. The highest BCUT2D eigenvalue weighted by Gasteiger charge is 2.38.